The van der Waals surface area contributed by atoms with Crippen LogP contribution in [0, 0.1) is 5.41 Å². The van der Waals surface area contributed by atoms with E-state index in [1.807, 2.05) is 0 Å². The van der Waals surface area contributed by atoms with Crippen LogP contribution in [-0.4, -0.2) is 59.1 Å². The number of carbonyl (C=O) groups is 3. The Hall–Kier alpha value is -4.90. The minimum atomic E-state index is -1.74. The molecular weight excluding hydrogens is 536 g/mol. The molecule has 2 aliphatic rings. The van der Waals surface area contributed by atoms with Crippen molar-refractivity contribution < 1.29 is 47.2 Å². The SMILES string of the molecule is COC(=O)C1=CC2(C/C(=C\c3coc4cccc(OC)c4c3=O)C(=O)OC)C(=O)c3c(OC)cccc3OC2OC1. The minimum absolute atomic E-state index is 0.00593. The molecule has 0 aliphatic carbocycles. The molecule has 5 rings (SSSR count). The summed E-state index contributed by atoms with van der Waals surface area (Å²) in [6.45, 7) is -0.197. The van der Waals surface area contributed by atoms with Crippen molar-refractivity contribution in [1.82, 2.24) is 0 Å². The Bertz CT molecular complexity index is 1680. The molecule has 3 heterocycles. The van der Waals surface area contributed by atoms with Gasteiger partial charge in [-0.25, -0.2) is 9.59 Å². The van der Waals surface area contributed by atoms with Crippen LogP contribution < -0.4 is 19.6 Å². The van der Waals surface area contributed by atoms with Gasteiger partial charge in [0.15, 0.2) is 5.78 Å². The highest BCUT2D eigenvalue weighted by atomic mass is 16.7. The summed E-state index contributed by atoms with van der Waals surface area (Å²) in [7, 11) is 5.20. The highest BCUT2D eigenvalue weighted by Gasteiger charge is 2.55. The van der Waals surface area contributed by atoms with Crippen LogP contribution in [0.15, 0.2) is 69.1 Å². The predicted molar refractivity (Wildman–Crippen MR) is 144 cm³/mol. The molecule has 0 saturated heterocycles. The molecule has 0 fully saturated rings. The molecule has 0 bridgehead atoms. The first-order chi connectivity index (χ1) is 19.8. The normalized spacial score (nSPS) is 19.8. The number of esters is 2. The summed E-state index contributed by atoms with van der Waals surface area (Å²) in [5.74, 6) is -1.33. The van der Waals surface area contributed by atoms with E-state index in [0.717, 1.165) is 0 Å². The van der Waals surface area contributed by atoms with Gasteiger partial charge in [0.2, 0.25) is 11.7 Å². The molecule has 41 heavy (non-hydrogen) atoms. The summed E-state index contributed by atoms with van der Waals surface area (Å²) in [6.07, 6.45) is 2.27. The van der Waals surface area contributed by atoms with Gasteiger partial charge in [0.1, 0.15) is 45.5 Å². The topological polar surface area (TPSA) is 137 Å². The third-order valence-corrected chi connectivity index (χ3v) is 7.05. The molecule has 3 aromatic rings. The van der Waals surface area contributed by atoms with E-state index in [-0.39, 0.29) is 63.5 Å². The van der Waals surface area contributed by atoms with Gasteiger partial charge < -0.3 is 32.8 Å². The van der Waals surface area contributed by atoms with E-state index in [9.17, 15) is 19.2 Å². The zero-order chi connectivity index (χ0) is 29.3. The van der Waals surface area contributed by atoms with Crippen molar-refractivity contribution >= 4 is 34.8 Å². The van der Waals surface area contributed by atoms with Gasteiger partial charge >= 0.3 is 11.9 Å². The monoisotopic (exact) mass is 562 g/mol. The fraction of sp³-hybridized carbons (Fsp3) is 0.267. The molecule has 0 radical (unpaired) electrons. The average Bonchev–Trinajstić information content (AvgIpc) is 3.00. The van der Waals surface area contributed by atoms with Crippen LogP contribution >= 0.6 is 0 Å². The number of ether oxygens (including phenoxy) is 6. The summed E-state index contributed by atoms with van der Waals surface area (Å²) in [6, 6.07) is 9.73. The lowest BCUT2D eigenvalue weighted by atomic mass is 9.70. The molecule has 2 aliphatic heterocycles. The molecule has 11 heteroatoms. The Kier molecular flexibility index (Phi) is 7.38. The van der Waals surface area contributed by atoms with Gasteiger partial charge in [-0.1, -0.05) is 18.2 Å². The first kappa shape index (κ1) is 27.7. The summed E-state index contributed by atoms with van der Waals surface area (Å²) in [5.41, 5.74) is -1.84. The van der Waals surface area contributed by atoms with Gasteiger partial charge in [-0.2, -0.15) is 0 Å². The van der Waals surface area contributed by atoms with Gasteiger partial charge in [0.25, 0.3) is 0 Å². The van der Waals surface area contributed by atoms with E-state index in [1.165, 1.54) is 46.9 Å². The molecular formula is C30H26O11. The lowest BCUT2D eigenvalue weighted by Gasteiger charge is -2.43. The van der Waals surface area contributed by atoms with E-state index < -0.39 is 34.9 Å². The predicted octanol–water partition coefficient (Wildman–Crippen LogP) is 3.47. The molecule has 2 aromatic carbocycles. The van der Waals surface area contributed by atoms with E-state index in [0.29, 0.717) is 0 Å². The molecule has 2 atom stereocenters. The van der Waals surface area contributed by atoms with Crippen molar-refractivity contribution in [3.05, 3.63) is 81.2 Å². The Morgan fingerprint density at radius 3 is 2.44 bits per heavy atom. The van der Waals surface area contributed by atoms with Crippen LogP contribution in [0.5, 0.6) is 17.2 Å². The molecule has 2 unspecified atom stereocenters. The van der Waals surface area contributed by atoms with Crippen LogP contribution in [0.25, 0.3) is 17.0 Å². The molecule has 0 N–H and O–H groups in total. The summed E-state index contributed by atoms with van der Waals surface area (Å²) in [4.78, 5) is 53.5. The third kappa shape index (κ3) is 4.63. The second kappa shape index (κ2) is 10.9. The summed E-state index contributed by atoms with van der Waals surface area (Å²) < 4.78 is 38.3. The first-order valence-corrected chi connectivity index (χ1v) is 12.5. The summed E-state index contributed by atoms with van der Waals surface area (Å²) >= 11 is 0. The number of Topliss-reactive ketones (excluding diaryl/α,β-unsaturated/α-hetero) is 1. The Balaban J connectivity index is 1.71. The number of benzene rings is 2. The van der Waals surface area contributed by atoms with E-state index in [4.69, 9.17) is 32.8 Å². The lowest BCUT2D eigenvalue weighted by molar-refractivity contribution is -0.150. The van der Waals surface area contributed by atoms with Crippen molar-refractivity contribution in [1.29, 1.82) is 0 Å². The number of rotatable bonds is 7. The third-order valence-electron chi connectivity index (χ3n) is 7.05. The van der Waals surface area contributed by atoms with Gasteiger partial charge in [0, 0.05) is 12.0 Å². The van der Waals surface area contributed by atoms with Crippen molar-refractivity contribution in [2.24, 2.45) is 5.41 Å². The quantitative estimate of drug-likeness (QED) is 0.309. The largest absolute Gasteiger partial charge is 0.496 e. The van der Waals surface area contributed by atoms with Gasteiger partial charge in [-0.05, 0) is 30.3 Å². The van der Waals surface area contributed by atoms with Gasteiger partial charge in [0.05, 0.1) is 46.2 Å². The number of hydrogen-bond acceptors (Lipinski definition) is 11. The zero-order valence-electron chi connectivity index (χ0n) is 22.7. The van der Waals surface area contributed by atoms with Gasteiger partial charge in [-0.3, -0.25) is 9.59 Å². The second-order valence-electron chi connectivity index (χ2n) is 9.32. The highest BCUT2D eigenvalue weighted by molar-refractivity contribution is 6.09. The van der Waals surface area contributed by atoms with E-state index in [2.05, 4.69) is 0 Å². The Morgan fingerprint density at radius 2 is 1.73 bits per heavy atom. The average molecular weight is 563 g/mol. The second-order valence-corrected chi connectivity index (χ2v) is 9.32. The zero-order valence-corrected chi connectivity index (χ0v) is 22.7. The first-order valence-electron chi connectivity index (χ1n) is 12.5. The number of carbonyl (C=O) groups excluding carboxylic acids is 3. The number of methoxy groups -OCH3 is 4. The lowest BCUT2D eigenvalue weighted by Crippen LogP contribution is -2.53. The van der Waals surface area contributed by atoms with E-state index in [1.54, 1.807) is 36.4 Å². The van der Waals surface area contributed by atoms with E-state index >= 15 is 0 Å². The number of ketones is 1. The van der Waals surface area contributed by atoms with Crippen LogP contribution in [0.2, 0.25) is 0 Å². The van der Waals surface area contributed by atoms with Crippen molar-refractivity contribution in [2.45, 2.75) is 12.7 Å². The fourth-order valence-electron chi connectivity index (χ4n) is 5.10. The van der Waals surface area contributed by atoms with Crippen molar-refractivity contribution in [2.75, 3.05) is 35.0 Å². The highest BCUT2D eigenvalue weighted by Crippen LogP contribution is 2.49. The van der Waals surface area contributed by atoms with Crippen LogP contribution in [0.4, 0.5) is 0 Å². The van der Waals surface area contributed by atoms with Crippen LogP contribution in [0.1, 0.15) is 22.3 Å². The minimum Gasteiger partial charge on any atom is -0.496 e. The van der Waals surface area contributed by atoms with Crippen molar-refractivity contribution in [3.8, 4) is 17.2 Å². The molecule has 11 nitrogen and oxygen atoms in total. The maximum Gasteiger partial charge on any atom is 0.335 e. The number of hydrogen-bond donors (Lipinski definition) is 0. The summed E-state index contributed by atoms with van der Waals surface area (Å²) in [5, 5.41) is 0.175. The maximum atomic E-state index is 14.3. The fourth-order valence-corrected chi connectivity index (χ4v) is 5.10. The van der Waals surface area contributed by atoms with Crippen LogP contribution in [-0.2, 0) is 23.8 Å². The van der Waals surface area contributed by atoms with Crippen LogP contribution in [0.3, 0.4) is 0 Å². The molecule has 0 spiro atoms. The van der Waals surface area contributed by atoms with Crippen molar-refractivity contribution in [3.63, 3.8) is 0 Å². The molecule has 212 valence electrons. The maximum absolute atomic E-state index is 14.3. The molecule has 0 saturated carbocycles. The Labute approximate surface area is 233 Å². The number of fused-ring (bicyclic) bond motifs is 3. The standard InChI is InChI=1S/C30H26O11/c1-35-19-7-5-9-21-23(19)25(31)17(14-39-21)11-16(27(33)37-3)12-30-13-18(28(34)38-4)15-40-29(30)41-22-10-6-8-20(36-2)24(22)26(30)32/h5-11,13-14,29H,12,15H2,1-4H3/b16-11+. The molecule has 1 aromatic heterocycles. The smallest absolute Gasteiger partial charge is 0.335 e. The van der Waals surface area contributed by atoms with Gasteiger partial charge in [-0.15, -0.1) is 0 Å². The molecule has 0 amide bonds. The Morgan fingerprint density at radius 1 is 1.00 bits per heavy atom.